The van der Waals surface area contributed by atoms with E-state index >= 15 is 4.39 Å². The van der Waals surface area contributed by atoms with E-state index in [9.17, 15) is 19.2 Å². The number of imide groups is 2. The molecule has 0 aliphatic carbocycles. The number of likely N-dealkylation sites (tertiary alicyclic amines) is 1. The first-order valence-electron chi connectivity index (χ1n) is 18.8. The number of rotatable bonds is 7. The summed E-state index contributed by atoms with van der Waals surface area (Å²) in [6, 6.07) is 5.61. The van der Waals surface area contributed by atoms with Gasteiger partial charge < -0.3 is 25.2 Å². The minimum Gasteiger partial charge on any atom is -0.495 e. The van der Waals surface area contributed by atoms with E-state index in [2.05, 4.69) is 26.3 Å². The van der Waals surface area contributed by atoms with Crippen LogP contribution < -0.4 is 25.6 Å². The Hall–Kier alpha value is -4.98. The van der Waals surface area contributed by atoms with Crippen LogP contribution >= 0.6 is 0 Å². The summed E-state index contributed by atoms with van der Waals surface area (Å²) in [5.41, 5.74) is 10.6. The molecule has 1 atom stereocenters. The molecule has 1 spiro atoms. The summed E-state index contributed by atoms with van der Waals surface area (Å²) in [5.74, 6) is -1.69. The summed E-state index contributed by atoms with van der Waals surface area (Å²) in [6.45, 7) is 6.31. The van der Waals surface area contributed by atoms with Gasteiger partial charge in [0.1, 0.15) is 17.6 Å². The number of hydrogen-bond donors (Lipinski definition) is 2. The summed E-state index contributed by atoms with van der Waals surface area (Å²) < 4.78 is 23.1. The Morgan fingerprint density at radius 2 is 1.64 bits per heavy atom. The topological polar surface area (TPSA) is 146 Å². The van der Waals surface area contributed by atoms with Gasteiger partial charge in [-0.05, 0) is 87.6 Å². The van der Waals surface area contributed by atoms with E-state index in [4.69, 9.17) is 10.5 Å². The van der Waals surface area contributed by atoms with Crippen LogP contribution in [-0.2, 0) is 16.6 Å². The van der Waals surface area contributed by atoms with E-state index in [0.29, 0.717) is 36.1 Å². The predicted molar refractivity (Wildman–Crippen MR) is 197 cm³/mol. The zero-order valence-electron chi connectivity index (χ0n) is 30.4. The first-order valence-corrected chi connectivity index (χ1v) is 18.8. The molecule has 13 nitrogen and oxygen atoms in total. The van der Waals surface area contributed by atoms with E-state index in [1.165, 1.54) is 6.07 Å². The zero-order valence-corrected chi connectivity index (χ0v) is 30.4. The van der Waals surface area contributed by atoms with Crippen LogP contribution in [0.3, 0.4) is 0 Å². The second kappa shape index (κ2) is 13.8. The lowest BCUT2D eigenvalue weighted by Gasteiger charge is -2.49. The highest BCUT2D eigenvalue weighted by atomic mass is 19.1. The van der Waals surface area contributed by atoms with Crippen molar-refractivity contribution in [1.82, 2.24) is 24.9 Å². The molecular weight excluding hydrogens is 679 g/mol. The molecule has 8 rings (SSSR count). The first-order chi connectivity index (χ1) is 25.5. The number of nitrogens with two attached hydrogens (primary N) is 1. The lowest BCUT2D eigenvalue weighted by molar-refractivity contribution is -0.136. The molecular formula is C39H47FN8O5. The maximum absolute atomic E-state index is 15.7. The van der Waals surface area contributed by atoms with Gasteiger partial charge in [0.15, 0.2) is 0 Å². The first kappa shape index (κ1) is 35.1. The molecule has 280 valence electrons. The highest BCUT2D eigenvalue weighted by molar-refractivity contribution is 6.23. The van der Waals surface area contributed by atoms with Crippen molar-refractivity contribution in [2.75, 3.05) is 68.5 Å². The van der Waals surface area contributed by atoms with Gasteiger partial charge in [-0.15, -0.1) is 0 Å². The smallest absolute Gasteiger partial charge is 0.262 e. The molecule has 0 saturated carbocycles. The second-order valence-corrected chi connectivity index (χ2v) is 15.6. The number of methoxy groups -OCH3 is 1. The van der Waals surface area contributed by atoms with Crippen molar-refractivity contribution in [1.29, 1.82) is 0 Å². The minimum absolute atomic E-state index is 0.0324. The average Bonchev–Trinajstić information content (AvgIpc) is 3.68. The molecule has 53 heavy (non-hydrogen) atoms. The van der Waals surface area contributed by atoms with Crippen molar-refractivity contribution < 1.29 is 28.3 Å². The number of carbonyl (C=O) groups excluding carboxylic acids is 4. The van der Waals surface area contributed by atoms with Crippen LogP contribution in [0.4, 0.5) is 21.5 Å². The van der Waals surface area contributed by atoms with E-state index in [-0.39, 0.29) is 29.4 Å². The van der Waals surface area contributed by atoms with Crippen molar-refractivity contribution in [3.8, 4) is 16.9 Å². The number of amides is 4. The number of halogens is 1. The van der Waals surface area contributed by atoms with Gasteiger partial charge in [0.2, 0.25) is 11.8 Å². The van der Waals surface area contributed by atoms with Crippen LogP contribution in [0.25, 0.3) is 11.1 Å². The number of anilines is 3. The van der Waals surface area contributed by atoms with Gasteiger partial charge >= 0.3 is 0 Å². The normalized spacial score (nSPS) is 22.5. The van der Waals surface area contributed by atoms with E-state index in [1.54, 1.807) is 11.8 Å². The third-order valence-electron chi connectivity index (χ3n) is 12.3. The lowest BCUT2D eigenvalue weighted by Crippen LogP contribution is -2.54. The molecule has 3 aromatic rings. The quantitative estimate of drug-likeness (QED) is 0.272. The monoisotopic (exact) mass is 726 g/mol. The van der Waals surface area contributed by atoms with E-state index in [0.717, 1.165) is 99.0 Å². The summed E-state index contributed by atoms with van der Waals surface area (Å²) in [6.07, 6.45) is 10.2. The third kappa shape index (κ3) is 6.51. The fraction of sp³-hybridized carbons (Fsp3) is 0.513. The van der Waals surface area contributed by atoms with Crippen LogP contribution in [0.5, 0.6) is 5.75 Å². The summed E-state index contributed by atoms with van der Waals surface area (Å²) in [4.78, 5) is 58.8. The van der Waals surface area contributed by atoms with Gasteiger partial charge in [-0.1, -0.05) is 0 Å². The highest BCUT2D eigenvalue weighted by Gasteiger charge is 2.46. The summed E-state index contributed by atoms with van der Waals surface area (Å²) in [7, 11) is 3.56. The SMILES string of the molecule is COc1cc(N2CCC(CN3CCC4(CCCN(c5cc6c(cc5F)C(=O)N(C5CCC(=O)NC5=O)C6=O)C4)CC3)CC2)c(-c2cnn(C)c2)cc1N. The maximum Gasteiger partial charge on any atom is 0.262 e. The number of aryl methyl sites for hydroxylation is 1. The molecule has 2 aromatic carbocycles. The van der Waals surface area contributed by atoms with Gasteiger partial charge in [-0.25, -0.2) is 4.39 Å². The highest BCUT2D eigenvalue weighted by Crippen LogP contribution is 2.44. The standard InChI is InChI=1S/C39H47FN8O5/c1-44-22-25(20-42-44)26-17-30(41)34(53-2)19-32(26)46-12-6-24(7-13-46)21-45-14-9-39(10-15-45)8-3-11-47(23-39)33-18-28-27(16-29(33)40)37(51)48(38(28)52)31-4-5-35(49)43-36(31)50/h16-20,22,24,31H,3-15,21,23,41H2,1-2H3,(H,43,49,50). The molecule has 5 aliphatic rings. The molecule has 1 unspecified atom stereocenters. The number of benzene rings is 2. The Labute approximate surface area is 308 Å². The van der Waals surface area contributed by atoms with Crippen LogP contribution in [0.1, 0.15) is 72.1 Å². The Morgan fingerprint density at radius 3 is 2.32 bits per heavy atom. The molecule has 6 heterocycles. The van der Waals surface area contributed by atoms with Crippen molar-refractivity contribution in [2.24, 2.45) is 18.4 Å². The minimum atomic E-state index is -1.08. The van der Waals surface area contributed by atoms with Gasteiger partial charge in [0.25, 0.3) is 11.8 Å². The number of fused-ring (bicyclic) bond motifs is 1. The number of nitrogen functional groups attached to an aromatic ring is 1. The molecule has 0 bridgehead atoms. The number of aromatic nitrogens is 2. The Morgan fingerprint density at radius 1 is 0.906 bits per heavy atom. The molecule has 4 saturated heterocycles. The fourth-order valence-corrected chi connectivity index (χ4v) is 9.29. The maximum atomic E-state index is 15.7. The van der Waals surface area contributed by atoms with Gasteiger partial charge in [-0.2, -0.15) is 5.10 Å². The third-order valence-corrected chi connectivity index (χ3v) is 12.3. The van der Waals surface area contributed by atoms with Crippen molar-refractivity contribution in [3.05, 3.63) is 53.6 Å². The second-order valence-electron chi connectivity index (χ2n) is 15.6. The van der Waals surface area contributed by atoms with Gasteiger partial charge in [-0.3, -0.25) is 34.1 Å². The molecule has 4 fully saturated rings. The summed E-state index contributed by atoms with van der Waals surface area (Å²) >= 11 is 0. The molecule has 14 heteroatoms. The largest absolute Gasteiger partial charge is 0.495 e. The van der Waals surface area contributed by atoms with Crippen LogP contribution in [-0.4, -0.2) is 102 Å². The van der Waals surface area contributed by atoms with Crippen molar-refractivity contribution >= 4 is 40.7 Å². The Balaban J connectivity index is 0.884. The number of nitrogens with zero attached hydrogens (tertiary/aromatic N) is 6. The Kier molecular flexibility index (Phi) is 9.12. The Bertz CT molecular complexity index is 1960. The predicted octanol–water partition coefficient (Wildman–Crippen LogP) is 3.82. The number of hydrogen-bond acceptors (Lipinski definition) is 10. The number of ether oxygens (including phenoxy) is 1. The van der Waals surface area contributed by atoms with Gasteiger partial charge in [0, 0.05) is 75.3 Å². The molecule has 3 N–H and O–H groups in total. The number of nitrogens with one attached hydrogen (secondary N) is 1. The number of piperidine rings is 4. The zero-order chi connectivity index (χ0) is 37.0. The molecule has 4 amide bonds. The molecule has 1 aromatic heterocycles. The van der Waals surface area contributed by atoms with Crippen LogP contribution in [0.2, 0.25) is 0 Å². The lowest BCUT2D eigenvalue weighted by atomic mass is 9.72. The van der Waals surface area contributed by atoms with Gasteiger partial charge in [0.05, 0.1) is 35.8 Å². The molecule has 0 radical (unpaired) electrons. The molecule has 5 aliphatic heterocycles. The van der Waals surface area contributed by atoms with Crippen molar-refractivity contribution in [3.63, 3.8) is 0 Å². The summed E-state index contributed by atoms with van der Waals surface area (Å²) in [5, 5.41) is 6.59. The van der Waals surface area contributed by atoms with Crippen LogP contribution in [0, 0.1) is 17.2 Å². The van der Waals surface area contributed by atoms with E-state index in [1.807, 2.05) is 30.4 Å². The van der Waals surface area contributed by atoms with E-state index < -0.39 is 35.5 Å². The average molecular weight is 727 g/mol. The fourth-order valence-electron chi connectivity index (χ4n) is 9.29. The van der Waals surface area contributed by atoms with Crippen molar-refractivity contribution in [2.45, 2.75) is 57.4 Å². The number of carbonyl (C=O) groups is 4. The van der Waals surface area contributed by atoms with Crippen LogP contribution in [0.15, 0.2) is 36.7 Å².